The van der Waals surface area contributed by atoms with Crippen LogP contribution in [0.3, 0.4) is 0 Å². The van der Waals surface area contributed by atoms with Crippen molar-refractivity contribution in [3.8, 4) is 0 Å². The maximum Gasteiger partial charge on any atom is 0.319 e. The van der Waals surface area contributed by atoms with E-state index in [0.717, 1.165) is 0 Å². The van der Waals surface area contributed by atoms with Gasteiger partial charge in [-0.3, -0.25) is 0 Å². The highest BCUT2D eigenvalue weighted by atomic mass is 16.6. The summed E-state index contributed by atoms with van der Waals surface area (Å²) >= 11 is 0. The van der Waals surface area contributed by atoms with Crippen molar-refractivity contribution in [1.82, 2.24) is 0 Å². The molecule has 2 atom stereocenters. The molecular weight excluding hydrogens is 140 g/mol. The second kappa shape index (κ2) is 2.36. The van der Waals surface area contributed by atoms with Gasteiger partial charge in [-0.15, -0.1) is 0 Å². The third-order valence-corrected chi connectivity index (χ3v) is 1.25. The summed E-state index contributed by atoms with van der Waals surface area (Å²) in [6.45, 7) is -0.211. The number of hydrogen-bond acceptors (Lipinski definition) is 5. The van der Waals surface area contributed by atoms with Crippen LogP contribution in [0.15, 0.2) is 11.7 Å². The maximum atomic E-state index is 8.82. The van der Waals surface area contributed by atoms with Crippen LogP contribution >= 0.6 is 0 Å². The SMILES string of the molecule is OC1=C(O)C(O)C(O)CO1. The fourth-order valence-electron chi connectivity index (χ4n) is 0.638. The van der Waals surface area contributed by atoms with Crippen LogP contribution in [0, 0.1) is 0 Å². The molecule has 0 spiro atoms. The van der Waals surface area contributed by atoms with E-state index in [-0.39, 0.29) is 6.61 Å². The lowest BCUT2D eigenvalue weighted by atomic mass is 10.1. The van der Waals surface area contributed by atoms with Crippen molar-refractivity contribution in [1.29, 1.82) is 0 Å². The van der Waals surface area contributed by atoms with Crippen LogP contribution < -0.4 is 0 Å². The first kappa shape index (κ1) is 7.17. The minimum Gasteiger partial charge on any atom is -0.504 e. The minimum atomic E-state index is -1.44. The zero-order chi connectivity index (χ0) is 7.72. The molecule has 5 nitrogen and oxygen atoms in total. The van der Waals surface area contributed by atoms with Gasteiger partial charge in [-0.05, 0) is 0 Å². The third kappa shape index (κ3) is 1.01. The lowest BCUT2D eigenvalue weighted by Gasteiger charge is -2.22. The number of rotatable bonds is 0. The second-order valence-electron chi connectivity index (χ2n) is 2.01. The minimum absolute atomic E-state index is 0.211. The zero-order valence-electron chi connectivity index (χ0n) is 5.06. The van der Waals surface area contributed by atoms with Gasteiger partial charge < -0.3 is 25.2 Å². The van der Waals surface area contributed by atoms with Crippen LogP contribution in [0.25, 0.3) is 0 Å². The number of ether oxygens (including phenoxy) is 1. The molecule has 0 saturated carbocycles. The van der Waals surface area contributed by atoms with Crippen molar-refractivity contribution >= 4 is 0 Å². The van der Waals surface area contributed by atoms with Gasteiger partial charge in [0.05, 0.1) is 0 Å². The Balaban J connectivity index is 2.77. The Bertz CT molecular complexity index is 163. The average Bonchev–Trinajstić information content (AvgIpc) is 1.93. The normalized spacial score (nSPS) is 33.8. The zero-order valence-corrected chi connectivity index (χ0v) is 5.06. The van der Waals surface area contributed by atoms with E-state index >= 15 is 0 Å². The van der Waals surface area contributed by atoms with Crippen LogP contribution in [0.4, 0.5) is 0 Å². The molecular formula is C5H8O5. The first-order chi connectivity index (χ1) is 4.63. The van der Waals surface area contributed by atoms with E-state index < -0.39 is 23.9 Å². The smallest absolute Gasteiger partial charge is 0.319 e. The quantitative estimate of drug-likeness (QED) is 0.354. The van der Waals surface area contributed by atoms with Crippen LogP contribution in [0.2, 0.25) is 0 Å². The summed E-state index contributed by atoms with van der Waals surface area (Å²) in [6.07, 6.45) is -2.61. The second-order valence-corrected chi connectivity index (χ2v) is 2.01. The van der Waals surface area contributed by atoms with E-state index in [4.69, 9.17) is 20.4 Å². The largest absolute Gasteiger partial charge is 0.504 e. The number of hydrogen-bond donors (Lipinski definition) is 4. The molecule has 1 aliphatic heterocycles. The van der Waals surface area contributed by atoms with Crippen molar-refractivity contribution in [3.05, 3.63) is 11.7 Å². The van der Waals surface area contributed by atoms with Crippen LogP contribution in [0.5, 0.6) is 0 Å². The molecule has 1 rings (SSSR count). The Morgan fingerprint density at radius 3 is 2.40 bits per heavy atom. The molecule has 0 aromatic heterocycles. The Kier molecular flexibility index (Phi) is 1.69. The summed E-state index contributed by atoms with van der Waals surface area (Å²) in [5.41, 5.74) is 0. The summed E-state index contributed by atoms with van der Waals surface area (Å²) in [6, 6.07) is 0. The van der Waals surface area contributed by atoms with E-state index in [2.05, 4.69) is 4.74 Å². The predicted molar refractivity (Wildman–Crippen MR) is 30.2 cm³/mol. The van der Waals surface area contributed by atoms with Crippen molar-refractivity contribution in [2.75, 3.05) is 6.61 Å². The van der Waals surface area contributed by atoms with Gasteiger partial charge in [0.15, 0.2) is 0 Å². The average molecular weight is 148 g/mol. The predicted octanol–water partition coefficient (Wildman–Crippen LogP) is -0.977. The first-order valence-corrected chi connectivity index (χ1v) is 2.74. The molecule has 0 fully saturated rings. The highest BCUT2D eigenvalue weighted by Gasteiger charge is 2.30. The van der Waals surface area contributed by atoms with E-state index in [1.807, 2.05) is 0 Å². The van der Waals surface area contributed by atoms with Gasteiger partial charge in [0, 0.05) is 0 Å². The Morgan fingerprint density at radius 2 is 1.90 bits per heavy atom. The van der Waals surface area contributed by atoms with Crippen molar-refractivity contribution in [2.45, 2.75) is 12.2 Å². The first-order valence-electron chi connectivity index (χ1n) is 2.74. The van der Waals surface area contributed by atoms with Gasteiger partial charge in [-0.25, -0.2) is 0 Å². The summed E-state index contributed by atoms with van der Waals surface area (Å²) in [5, 5.41) is 34.9. The molecule has 0 amide bonds. The molecule has 1 heterocycles. The Morgan fingerprint density at radius 1 is 1.30 bits per heavy atom. The molecule has 5 heteroatoms. The van der Waals surface area contributed by atoms with Crippen LogP contribution in [0.1, 0.15) is 0 Å². The lowest BCUT2D eigenvalue weighted by molar-refractivity contribution is -0.0791. The molecule has 4 N–H and O–H groups in total. The molecule has 0 aromatic rings. The molecule has 2 unspecified atom stereocenters. The molecule has 1 aliphatic rings. The standard InChI is InChI=1S/C5H8O5/c6-2-1-10-5(9)4(8)3(2)7/h2-3,6-9H,1H2. The maximum absolute atomic E-state index is 8.82. The summed E-state index contributed by atoms with van der Waals surface area (Å²) < 4.78 is 4.35. The van der Waals surface area contributed by atoms with Gasteiger partial charge in [0.1, 0.15) is 18.8 Å². The van der Waals surface area contributed by atoms with E-state index in [0.29, 0.717) is 0 Å². The molecule has 0 radical (unpaired) electrons. The molecule has 10 heavy (non-hydrogen) atoms. The van der Waals surface area contributed by atoms with E-state index in [1.54, 1.807) is 0 Å². The summed E-state index contributed by atoms with van der Waals surface area (Å²) in [5.74, 6) is -1.45. The van der Waals surface area contributed by atoms with Crippen molar-refractivity contribution in [3.63, 3.8) is 0 Å². The highest BCUT2D eigenvalue weighted by Crippen LogP contribution is 2.15. The molecule has 0 aliphatic carbocycles. The highest BCUT2D eigenvalue weighted by molar-refractivity contribution is 5.04. The van der Waals surface area contributed by atoms with Crippen molar-refractivity contribution in [2.24, 2.45) is 0 Å². The van der Waals surface area contributed by atoms with Crippen molar-refractivity contribution < 1.29 is 25.2 Å². The Labute approximate surface area is 56.8 Å². The fraction of sp³-hybridized carbons (Fsp3) is 0.600. The van der Waals surface area contributed by atoms with Crippen LogP contribution in [-0.2, 0) is 4.74 Å². The lowest BCUT2D eigenvalue weighted by Crippen LogP contribution is -2.36. The van der Waals surface area contributed by atoms with Gasteiger partial charge in [0.2, 0.25) is 5.76 Å². The number of aliphatic hydroxyl groups is 4. The molecule has 0 aromatic carbocycles. The Hall–Kier alpha value is -0.940. The summed E-state index contributed by atoms with van der Waals surface area (Å²) in [4.78, 5) is 0. The van der Waals surface area contributed by atoms with Gasteiger partial charge in [0.25, 0.3) is 0 Å². The molecule has 0 bridgehead atoms. The molecule has 0 saturated heterocycles. The topological polar surface area (TPSA) is 90.2 Å². The van der Waals surface area contributed by atoms with Gasteiger partial charge in [-0.1, -0.05) is 0 Å². The van der Waals surface area contributed by atoms with Gasteiger partial charge >= 0.3 is 5.95 Å². The van der Waals surface area contributed by atoms with Crippen LogP contribution in [-0.4, -0.2) is 39.2 Å². The van der Waals surface area contributed by atoms with Gasteiger partial charge in [-0.2, -0.15) is 0 Å². The molecule has 58 valence electrons. The number of aliphatic hydroxyl groups excluding tert-OH is 4. The summed E-state index contributed by atoms with van der Waals surface area (Å²) in [7, 11) is 0. The third-order valence-electron chi connectivity index (χ3n) is 1.25. The monoisotopic (exact) mass is 148 g/mol. The van der Waals surface area contributed by atoms with E-state index in [1.165, 1.54) is 0 Å². The van der Waals surface area contributed by atoms with E-state index in [9.17, 15) is 0 Å². The fourth-order valence-corrected chi connectivity index (χ4v) is 0.638.